The maximum Gasteiger partial charge on any atom is 0.278 e. The number of rotatable bonds is 2. The first-order chi connectivity index (χ1) is 6.35. The van der Waals surface area contributed by atoms with Crippen LogP contribution in [0.5, 0.6) is 0 Å². The van der Waals surface area contributed by atoms with Gasteiger partial charge in [-0.1, -0.05) is 13.8 Å². The molecule has 0 nitrogen and oxygen atoms in total. The van der Waals surface area contributed by atoms with Crippen LogP contribution in [0, 0.1) is 17.6 Å². The maximum atomic E-state index is 13.3. The molecule has 0 N–H and O–H groups in total. The molecule has 0 fully saturated rings. The lowest BCUT2D eigenvalue weighted by Crippen LogP contribution is -2.22. The average molecular weight is 206 g/mol. The van der Waals surface area contributed by atoms with E-state index in [1.54, 1.807) is 0 Å². The molecule has 0 saturated heterocycles. The highest BCUT2D eigenvalue weighted by Gasteiger charge is 2.38. The molecule has 0 radical (unpaired) electrons. The third-order valence-corrected chi connectivity index (χ3v) is 2.01. The highest BCUT2D eigenvalue weighted by Crippen LogP contribution is 2.37. The molecular formula is C10H10F4. The van der Waals surface area contributed by atoms with Gasteiger partial charge in [0.25, 0.3) is 5.92 Å². The number of halogens is 4. The third kappa shape index (κ3) is 1.89. The van der Waals surface area contributed by atoms with E-state index in [1.807, 2.05) is 0 Å². The minimum absolute atomic E-state index is 0.537. The Morgan fingerprint density at radius 2 is 1.71 bits per heavy atom. The Hall–Kier alpha value is -1.06. The smallest absolute Gasteiger partial charge is 0.207 e. The molecular weight excluding hydrogens is 196 g/mol. The van der Waals surface area contributed by atoms with Crippen LogP contribution in [0.1, 0.15) is 19.4 Å². The third-order valence-electron chi connectivity index (χ3n) is 2.01. The van der Waals surface area contributed by atoms with E-state index in [2.05, 4.69) is 0 Å². The molecule has 1 aromatic carbocycles. The molecule has 0 unspecified atom stereocenters. The zero-order chi connectivity index (χ0) is 10.9. The fraction of sp³-hybridized carbons (Fsp3) is 0.400. The van der Waals surface area contributed by atoms with Crippen LogP contribution in [-0.4, -0.2) is 0 Å². The average Bonchev–Trinajstić information content (AvgIpc) is 2.08. The van der Waals surface area contributed by atoms with Gasteiger partial charge in [-0.05, 0) is 18.2 Å². The molecule has 1 rings (SSSR count). The minimum Gasteiger partial charge on any atom is -0.207 e. The highest BCUT2D eigenvalue weighted by atomic mass is 19.3. The van der Waals surface area contributed by atoms with Crippen LogP contribution in [0.4, 0.5) is 17.6 Å². The van der Waals surface area contributed by atoms with Crippen LogP contribution < -0.4 is 0 Å². The van der Waals surface area contributed by atoms with Gasteiger partial charge in [0.15, 0.2) is 0 Å². The molecule has 78 valence electrons. The van der Waals surface area contributed by atoms with Crippen molar-refractivity contribution in [2.45, 2.75) is 19.8 Å². The largest absolute Gasteiger partial charge is 0.278 e. The van der Waals surface area contributed by atoms with Gasteiger partial charge in [-0.25, -0.2) is 17.6 Å². The number of hydrogen-bond acceptors (Lipinski definition) is 0. The van der Waals surface area contributed by atoms with Crippen molar-refractivity contribution in [2.24, 2.45) is 5.92 Å². The van der Waals surface area contributed by atoms with Crippen molar-refractivity contribution < 1.29 is 17.6 Å². The first-order valence-electron chi connectivity index (χ1n) is 4.19. The van der Waals surface area contributed by atoms with Gasteiger partial charge in [0.05, 0.1) is 5.56 Å². The summed E-state index contributed by atoms with van der Waals surface area (Å²) < 4.78 is 52.2. The Kier molecular flexibility index (Phi) is 2.83. The van der Waals surface area contributed by atoms with Crippen LogP contribution in [0.2, 0.25) is 0 Å². The molecule has 0 aliphatic rings. The van der Waals surface area contributed by atoms with E-state index in [9.17, 15) is 17.6 Å². The molecule has 0 aliphatic carbocycles. The summed E-state index contributed by atoms with van der Waals surface area (Å²) >= 11 is 0. The number of hydrogen-bond donors (Lipinski definition) is 0. The molecule has 0 aliphatic heterocycles. The monoisotopic (exact) mass is 206 g/mol. The van der Waals surface area contributed by atoms with Crippen molar-refractivity contribution in [1.82, 2.24) is 0 Å². The van der Waals surface area contributed by atoms with Gasteiger partial charge < -0.3 is 0 Å². The Morgan fingerprint density at radius 3 is 2.21 bits per heavy atom. The van der Waals surface area contributed by atoms with Gasteiger partial charge in [0.1, 0.15) is 11.6 Å². The van der Waals surface area contributed by atoms with Gasteiger partial charge in [-0.2, -0.15) is 0 Å². The van der Waals surface area contributed by atoms with Gasteiger partial charge >= 0.3 is 0 Å². The van der Waals surface area contributed by atoms with Crippen molar-refractivity contribution in [3.63, 3.8) is 0 Å². The molecule has 0 amide bonds. The second-order valence-electron chi connectivity index (χ2n) is 3.40. The van der Waals surface area contributed by atoms with Crippen LogP contribution in [-0.2, 0) is 5.92 Å². The first-order valence-corrected chi connectivity index (χ1v) is 4.19. The summed E-state index contributed by atoms with van der Waals surface area (Å²) in [5.74, 6) is -6.35. The van der Waals surface area contributed by atoms with Crippen molar-refractivity contribution in [1.29, 1.82) is 0 Å². The molecule has 0 aromatic heterocycles. The SMILES string of the molecule is CC(C)C(F)(F)c1cc(F)ccc1F. The lowest BCUT2D eigenvalue weighted by molar-refractivity contribution is -0.0546. The van der Waals surface area contributed by atoms with Crippen molar-refractivity contribution in [3.8, 4) is 0 Å². The topological polar surface area (TPSA) is 0 Å². The second-order valence-corrected chi connectivity index (χ2v) is 3.40. The Balaban J connectivity index is 3.24. The number of benzene rings is 1. The van der Waals surface area contributed by atoms with E-state index in [-0.39, 0.29) is 0 Å². The van der Waals surface area contributed by atoms with E-state index < -0.39 is 29.0 Å². The summed E-state index contributed by atoms with van der Waals surface area (Å²) in [6, 6.07) is 2.06. The summed E-state index contributed by atoms with van der Waals surface area (Å²) in [5.41, 5.74) is -0.882. The molecule has 14 heavy (non-hydrogen) atoms. The molecule has 0 saturated carbocycles. The van der Waals surface area contributed by atoms with Crippen LogP contribution in [0.3, 0.4) is 0 Å². The van der Waals surface area contributed by atoms with Gasteiger partial charge in [-0.3, -0.25) is 0 Å². The quantitative estimate of drug-likeness (QED) is 0.647. The normalized spacial score (nSPS) is 12.2. The zero-order valence-corrected chi connectivity index (χ0v) is 7.82. The molecule has 0 heterocycles. The summed E-state index contributed by atoms with van der Waals surface area (Å²) in [4.78, 5) is 0. The minimum atomic E-state index is -3.34. The van der Waals surface area contributed by atoms with Gasteiger partial charge in [0.2, 0.25) is 0 Å². The lowest BCUT2D eigenvalue weighted by Gasteiger charge is -2.21. The van der Waals surface area contributed by atoms with E-state index in [0.717, 1.165) is 6.07 Å². The van der Waals surface area contributed by atoms with Gasteiger partial charge in [-0.15, -0.1) is 0 Å². The fourth-order valence-electron chi connectivity index (χ4n) is 1.06. The molecule has 1 aromatic rings. The maximum absolute atomic E-state index is 13.3. The predicted molar refractivity (Wildman–Crippen MR) is 45.1 cm³/mol. The van der Waals surface area contributed by atoms with E-state index >= 15 is 0 Å². The zero-order valence-electron chi connectivity index (χ0n) is 7.82. The van der Waals surface area contributed by atoms with Gasteiger partial charge in [0, 0.05) is 5.92 Å². The van der Waals surface area contributed by atoms with E-state index in [0.29, 0.717) is 12.1 Å². The molecule has 0 bridgehead atoms. The Labute approximate surface area is 79.6 Å². The summed E-state index contributed by atoms with van der Waals surface area (Å²) in [6.07, 6.45) is 0. The summed E-state index contributed by atoms with van der Waals surface area (Å²) in [7, 11) is 0. The Bertz CT molecular complexity index is 331. The van der Waals surface area contributed by atoms with Crippen molar-refractivity contribution >= 4 is 0 Å². The van der Waals surface area contributed by atoms with Crippen LogP contribution >= 0.6 is 0 Å². The summed E-state index contributed by atoms with van der Waals surface area (Å²) in [5, 5.41) is 0. The lowest BCUT2D eigenvalue weighted by atomic mass is 9.97. The highest BCUT2D eigenvalue weighted by molar-refractivity contribution is 5.23. The standard InChI is InChI=1S/C10H10F4/c1-6(2)10(13,14)8-5-7(11)3-4-9(8)12/h3-6H,1-2H3. The fourth-order valence-corrected chi connectivity index (χ4v) is 1.06. The summed E-state index contributed by atoms with van der Waals surface area (Å²) in [6.45, 7) is 2.51. The van der Waals surface area contributed by atoms with Crippen LogP contribution in [0.15, 0.2) is 18.2 Å². The number of alkyl halides is 2. The Morgan fingerprint density at radius 1 is 1.14 bits per heavy atom. The van der Waals surface area contributed by atoms with E-state index in [4.69, 9.17) is 0 Å². The second kappa shape index (κ2) is 3.59. The van der Waals surface area contributed by atoms with Crippen molar-refractivity contribution in [2.75, 3.05) is 0 Å². The molecule has 4 heteroatoms. The van der Waals surface area contributed by atoms with Crippen LogP contribution in [0.25, 0.3) is 0 Å². The predicted octanol–water partition coefficient (Wildman–Crippen LogP) is 3.71. The van der Waals surface area contributed by atoms with Crippen molar-refractivity contribution in [3.05, 3.63) is 35.4 Å². The van der Waals surface area contributed by atoms with E-state index in [1.165, 1.54) is 13.8 Å². The molecule has 0 spiro atoms. The first kappa shape index (κ1) is 11.0. The molecule has 0 atom stereocenters.